The van der Waals surface area contributed by atoms with Gasteiger partial charge in [0.2, 0.25) is 0 Å². The molecule has 0 aromatic rings. The molecule has 0 aromatic heterocycles. The molecule has 0 unspecified atom stereocenters. The van der Waals surface area contributed by atoms with E-state index in [0.717, 1.165) is 13.0 Å². The molecular weight excluding hydrogens is 186 g/mol. The normalized spacial score (nSPS) is 23.0. The predicted molar refractivity (Wildman–Crippen MR) is 65.0 cm³/mol. The van der Waals surface area contributed by atoms with E-state index < -0.39 is 5.60 Å². The number of hydrogen-bond donors (Lipinski definition) is 1. The number of likely N-dealkylation sites (tertiary alicyclic amines) is 1. The molecule has 0 radical (unpaired) electrons. The van der Waals surface area contributed by atoms with E-state index >= 15 is 0 Å². The smallest absolute Gasteiger partial charge is 0.0603 e. The Morgan fingerprint density at radius 3 is 2.20 bits per heavy atom. The maximum Gasteiger partial charge on any atom is 0.0603 e. The number of aliphatic hydroxyl groups is 1. The summed E-state index contributed by atoms with van der Waals surface area (Å²) in [4.78, 5) is 2.50. The van der Waals surface area contributed by atoms with E-state index in [0.29, 0.717) is 5.41 Å². The average Bonchev–Trinajstić information content (AvgIpc) is 2.16. The summed E-state index contributed by atoms with van der Waals surface area (Å²) in [7, 11) is 0. The molecule has 15 heavy (non-hydrogen) atoms. The van der Waals surface area contributed by atoms with Gasteiger partial charge in [-0.15, -0.1) is 0 Å². The van der Waals surface area contributed by atoms with Crippen LogP contribution < -0.4 is 0 Å². The standard InChI is InChI=1S/C13H27NO/c1-5-13(4)7-10-14(11-8-13)9-6-12(2,3)15/h15H,5-11H2,1-4H3. The summed E-state index contributed by atoms with van der Waals surface area (Å²) >= 11 is 0. The highest BCUT2D eigenvalue weighted by Crippen LogP contribution is 2.33. The van der Waals surface area contributed by atoms with Gasteiger partial charge in [0, 0.05) is 6.54 Å². The number of piperidine rings is 1. The first kappa shape index (κ1) is 13.0. The van der Waals surface area contributed by atoms with Crippen molar-refractivity contribution in [1.29, 1.82) is 0 Å². The Morgan fingerprint density at radius 1 is 1.27 bits per heavy atom. The summed E-state index contributed by atoms with van der Waals surface area (Å²) in [6.07, 6.45) is 4.81. The Bertz CT molecular complexity index is 187. The van der Waals surface area contributed by atoms with Crippen LogP contribution in [0.3, 0.4) is 0 Å². The summed E-state index contributed by atoms with van der Waals surface area (Å²) in [6, 6.07) is 0. The molecule has 0 aliphatic carbocycles. The first-order chi connectivity index (χ1) is 6.85. The van der Waals surface area contributed by atoms with Crippen LogP contribution in [0.25, 0.3) is 0 Å². The van der Waals surface area contributed by atoms with Gasteiger partial charge in [0.25, 0.3) is 0 Å². The monoisotopic (exact) mass is 213 g/mol. The lowest BCUT2D eigenvalue weighted by molar-refractivity contribution is 0.0440. The third-order valence-electron chi connectivity index (χ3n) is 3.96. The molecule has 2 nitrogen and oxygen atoms in total. The van der Waals surface area contributed by atoms with Gasteiger partial charge in [-0.1, -0.05) is 20.3 Å². The van der Waals surface area contributed by atoms with Crippen molar-refractivity contribution in [2.45, 2.75) is 59.0 Å². The fourth-order valence-corrected chi connectivity index (χ4v) is 2.10. The quantitative estimate of drug-likeness (QED) is 0.776. The highest BCUT2D eigenvalue weighted by molar-refractivity contribution is 4.82. The highest BCUT2D eigenvalue weighted by atomic mass is 16.3. The summed E-state index contributed by atoms with van der Waals surface area (Å²) < 4.78 is 0. The van der Waals surface area contributed by atoms with E-state index in [2.05, 4.69) is 18.7 Å². The van der Waals surface area contributed by atoms with Crippen LogP contribution in [-0.4, -0.2) is 35.2 Å². The molecule has 90 valence electrons. The lowest BCUT2D eigenvalue weighted by Gasteiger charge is -2.39. The minimum absolute atomic E-state index is 0.508. The van der Waals surface area contributed by atoms with E-state index in [1.54, 1.807) is 0 Å². The SMILES string of the molecule is CCC1(C)CCN(CCC(C)(C)O)CC1. The van der Waals surface area contributed by atoms with Gasteiger partial charge in [-0.3, -0.25) is 0 Å². The van der Waals surface area contributed by atoms with Crippen LogP contribution >= 0.6 is 0 Å². The maximum atomic E-state index is 9.67. The molecule has 0 aromatic carbocycles. The second-order valence-corrected chi connectivity index (χ2v) is 6.07. The Balaban J connectivity index is 2.26. The van der Waals surface area contributed by atoms with Crippen molar-refractivity contribution in [3.05, 3.63) is 0 Å². The van der Waals surface area contributed by atoms with Gasteiger partial charge in [0.1, 0.15) is 0 Å². The van der Waals surface area contributed by atoms with Gasteiger partial charge in [-0.25, -0.2) is 0 Å². The Morgan fingerprint density at radius 2 is 1.80 bits per heavy atom. The van der Waals surface area contributed by atoms with Crippen LogP contribution in [-0.2, 0) is 0 Å². The molecule has 1 saturated heterocycles. The molecule has 1 N–H and O–H groups in total. The van der Waals surface area contributed by atoms with Gasteiger partial charge in [-0.2, -0.15) is 0 Å². The van der Waals surface area contributed by atoms with Gasteiger partial charge >= 0.3 is 0 Å². The van der Waals surface area contributed by atoms with E-state index in [1.807, 2.05) is 13.8 Å². The zero-order valence-corrected chi connectivity index (χ0v) is 10.8. The number of hydrogen-bond acceptors (Lipinski definition) is 2. The van der Waals surface area contributed by atoms with Crippen LogP contribution in [0, 0.1) is 5.41 Å². The second-order valence-electron chi connectivity index (χ2n) is 6.07. The molecule has 1 aliphatic rings. The van der Waals surface area contributed by atoms with E-state index in [9.17, 15) is 5.11 Å². The van der Waals surface area contributed by atoms with Crippen molar-refractivity contribution in [1.82, 2.24) is 4.90 Å². The molecule has 0 saturated carbocycles. The summed E-state index contributed by atoms with van der Waals surface area (Å²) in [5, 5.41) is 9.67. The van der Waals surface area contributed by atoms with Crippen LogP contribution in [0.15, 0.2) is 0 Å². The summed E-state index contributed by atoms with van der Waals surface area (Å²) in [5.41, 5.74) is 0.0662. The van der Waals surface area contributed by atoms with Crippen molar-refractivity contribution in [3.63, 3.8) is 0 Å². The lowest BCUT2D eigenvalue weighted by atomic mass is 9.78. The third kappa shape index (κ3) is 4.52. The van der Waals surface area contributed by atoms with Crippen molar-refractivity contribution >= 4 is 0 Å². The van der Waals surface area contributed by atoms with Crippen LogP contribution in [0.4, 0.5) is 0 Å². The Hall–Kier alpha value is -0.0800. The van der Waals surface area contributed by atoms with Crippen LogP contribution in [0.2, 0.25) is 0 Å². The highest BCUT2D eigenvalue weighted by Gasteiger charge is 2.28. The molecule has 0 amide bonds. The summed E-state index contributed by atoms with van der Waals surface area (Å²) in [6.45, 7) is 12.0. The first-order valence-electron chi connectivity index (χ1n) is 6.29. The molecule has 1 fully saturated rings. The van der Waals surface area contributed by atoms with Crippen LogP contribution in [0.1, 0.15) is 53.4 Å². The molecule has 0 bridgehead atoms. The fourth-order valence-electron chi connectivity index (χ4n) is 2.10. The third-order valence-corrected chi connectivity index (χ3v) is 3.96. The van der Waals surface area contributed by atoms with Gasteiger partial charge in [-0.05, 0) is 51.6 Å². The Labute approximate surface area is 94.7 Å². The second kappa shape index (κ2) is 4.84. The molecule has 1 rings (SSSR count). The molecule has 2 heteroatoms. The van der Waals surface area contributed by atoms with Crippen molar-refractivity contribution < 1.29 is 5.11 Å². The van der Waals surface area contributed by atoms with Crippen molar-refractivity contribution in [2.24, 2.45) is 5.41 Å². The average molecular weight is 213 g/mol. The maximum absolute atomic E-state index is 9.67. The van der Waals surface area contributed by atoms with Crippen molar-refractivity contribution in [2.75, 3.05) is 19.6 Å². The fraction of sp³-hybridized carbons (Fsp3) is 1.00. The topological polar surface area (TPSA) is 23.5 Å². The number of rotatable bonds is 4. The van der Waals surface area contributed by atoms with Crippen molar-refractivity contribution in [3.8, 4) is 0 Å². The largest absolute Gasteiger partial charge is 0.390 e. The van der Waals surface area contributed by atoms with Gasteiger partial charge < -0.3 is 10.0 Å². The first-order valence-corrected chi connectivity index (χ1v) is 6.29. The zero-order chi connectivity index (χ0) is 11.5. The minimum atomic E-state index is -0.508. The van der Waals surface area contributed by atoms with Gasteiger partial charge in [0.15, 0.2) is 0 Å². The predicted octanol–water partition coefficient (Wildman–Crippen LogP) is 2.66. The van der Waals surface area contributed by atoms with Gasteiger partial charge in [0.05, 0.1) is 5.60 Å². The molecule has 1 heterocycles. The molecule has 0 spiro atoms. The minimum Gasteiger partial charge on any atom is -0.390 e. The molecular formula is C13H27NO. The van der Waals surface area contributed by atoms with E-state index in [4.69, 9.17) is 0 Å². The van der Waals surface area contributed by atoms with E-state index in [-0.39, 0.29) is 0 Å². The van der Waals surface area contributed by atoms with E-state index in [1.165, 1.54) is 32.4 Å². The Kier molecular flexibility index (Phi) is 4.19. The summed E-state index contributed by atoms with van der Waals surface area (Å²) in [5.74, 6) is 0. The molecule has 0 atom stereocenters. The van der Waals surface area contributed by atoms with Crippen LogP contribution in [0.5, 0.6) is 0 Å². The zero-order valence-electron chi connectivity index (χ0n) is 10.8. The number of nitrogens with zero attached hydrogens (tertiary/aromatic N) is 1. The molecule has 1 aliphatic heterocycles. The lowest BCUT2D eigenvalue weighted by Crippen LogP contribution is -2.40.